The minimum Gasteiger partial charge on any atom is -0.379 e. The van der Waals surface area contributed by atoms with E-state index in [4.69, 9.17) is 4.74 Å². The molecule has 0 aromatic rings. The van der Waals surface area contributed by atoms with E-state index >= 15 is 0 Å². The summed E-state index contributed by atoms with van der Waals surface area (Å²) in [5.41, 5.74) is 0. The van der Waals surface area contributed by atoms with Crippen molar-refractivity contribution < 1.29 is 9.53 Å². The van der Waals surface area contributed by atoms with E-state index in [1.165, 1.54) is 0 Å². The monoisotopic (exact) mass is 189 g/mol. The quantitative estimate of drug-likeness (QED) is 0.634. The minimum absolute atomic E-state index is 0.324. The molecule has 0 amide bonds. The first kappa shape index (κ1) is 10.0. The predicted molar refractivity (Wildman–Crippen MR) is 50.6 cm³/mol. The maximum absolute atomic E-state index is 11.2. The summed E-state index contributed by atoms with van der Waals surface area (Å²) >= 11 is 1.59. The molecule has 0 saturated carbocycles. The zero-order valence-corrected chi connectivity index (χ0v) is 8.23. The molecule has 70 valence electrons. The standard InChI is InChI=1S/C8H15NO2S/c1-12-7-8(10)6-9-2-4-11-5-3-9/h2-7H2,1H3. The second kappa shape index (κ2) is 5.56. The molecular weight excluding hydrogens is 174 g/mol. The molecule has 1 fully saturated rings. The summed E-state index contributed by atoms with van der Waals surface area (Å²) in [6.07, 6.45) is 1.96. The van der Waals surface area contributed by atoms with Crippen molar-refractivity contribution in [1.29, 1.82) is 0 Å². The first-order chi connectivity index (χ1) is 5.83. The van der Waals surface area contributed by atoms with Crippen molar-refractivity contribution in [2.75, 3.05) is 44.9 Å². The van der Waals surface area contributed by atoms with Gasteiger partial charge < -0.3 is 4.74 Å². The molecule has 0 aliphatic carbocycles. The number of ketones is 1. The fraction of sp³-hybridized carbons (Fsp3) is 0.875. The summed E-state index contributed by atoms with van der Waals surface area (Å²) in [6.45, 7) is 3.95. The van der Waals surface area contributed by atoms with Crippen molar-refractivity contribution in [3.63, 3.8) is 0 Å². The SMILES string of the molecule is CSCC(=O)CN1CCOCC1. The second-order valence-corrected chi connectivity index (χ2v) is 3.73. The molecule has 1 aliphatic rings. The van der Waals surface area contributed by atoms with Gasteiger partial charge in [0.2, 0.25) is 0 Å². The number of morpholine rings is 1. The van der Waals surface area contributed by atoms with Crippen LogP contribution < -0.4 is 0 Å². The smallest absolute Gasteiger partial charge is 0.156 e. The number of carbonyl (C=O) groups is 1. The van der Waals surface area contributed by atoms with Crippen molar-refractivity contribution in [3.8, 4) is 0 Å². The maximum Gasteiger partial charge on any atom is 0.156 e. The van der Waals surface area contributed by atoms with E-state index < -0.39 is 0 Å². The average Bonchev–Trinajstić information content (AvgIpc) is 2.06. The van der Waals surface area contributed by atoms with E-state index in [0.717, 1.165) is 26.3 Å². The number of rotatable bonds is 4. The van der Waals surface area contributed by atoms with Crippen molar-refractivity contribution in [2.45, 2.75) is 0 Å². The highest BCUT2D eigenvalue weighted by Gasteiger charge is 2.13. The molecule has 4 heteroatoms. The number of Topliss-reactive ketones (excluding diaryl/α,β-unsaturated/α-hetero) is 1. The van der Waals surface area contributed by atoms with Crippen LogP contribution >= 0.6 is 11.8 Å². The van der Waals surface area contributed by atoms with Crippen molar-refractivity contribution >= 4 is 17.5 Å². The van der Waals surface area contributed by atoms with Gasteiger partial charge in [0.05, 0.1) is 25.5 Å². The van der Waals surface area contributed by atoms with Crippen LogP contribution in [0, 0.1) is 0 Å². The Morgan fingerprint density at radius 1 is 1.50 bits per heavy atom. The molecule has 0 atom stereocenters. The summed E-state index contributed by atoms with van der Waals surface area (Å²) in [5.74, 6) is 0.960. The summed E-state index contributed by atoms with van der Waals surface area (Å²) in [6, 6.07) is 0. The molecule has 0 aromatic heterocycles. The van der Waals surface area contributed by atoms with E-state index in [1.54, 1.807) is 11.8 Å². The summed E-state index contributed by atoms with van der Waals surface area (Å²) in [7, 11) is 0. The Hall–Kier alpha value is -0.0600. The third-order valence-electron chi connectivity index (χ3n) is 1.81. The lowest BCUT2D eigenvalue weighted by atomic mass is 10.3. The van der Waals surface area contributed by atoms with E-state index in [9.17, 15) is 4.79 Å². The molecule has 1 rings (SSSR count). The van der Waals surface area contributed by atoms with Crippen LogP contribution in [-0.2, 0) is 9.53 Å². The number of hydrogen-bond acceptors (Lipinski definition) is 4. The van der Waals surface area contributed by atoms with E-state index in [-0.39, 0.29) is 0 Å². The highest BCUT2D eigenvalue weighted by molar-refractivity contribution is 7.99. The highest BCUT2D eigenvalue weighted by atomic mass is 32.2. The van der Waals surface area contributed by atoms with E-state index in [2.05, 4.69) is 4.90 Å². The number of thioether (sulfide) groups is 1. The Morgan fingerprint density at radius 3 is 2.75 bits per heavy atom. The van der Waals surface area contributed by atoms with Crippen LogP contribution in [0.15, 0.2) is 0 Å². The Kier molecular flexibility index (Phi) is 4.65. The van der Waals surface area contributed by atoms with Gasteiger partial charge in [0.1, 0.15) is 0 Å². The Labute approximate surface area is 77.4 Å². The number of hydrogen-bond donors (Lipinski definition) is 0. The number of ether oxygens (including phenoxy) is 1. The molecule has 0 N–H and O–H groups in total. The van der Waals surface area contributed by atoms with Crippen molar-refractivity contribution in [2.24, 2.45) is 0 Å². The molecule has 1 aliphatic heterocycles. The van der Waals surface area contributed by atoms with Gasteiger partial charge in [-0.1, -0.05) is 0 Å². The zero-order valence-electron chi connectivity index (χ0n) is 7.41. The van der Waals surface area contributed by atoms with Crippen LogP contribution in [-0.4, -0.2) is 55.5 Å². The zero-order chi connectivity index (χ0) is 8.81. The Balaban J connectivity index is 2.15. The Morgan fingerprint density at radius 2 is 2.17 bits per heavy atom. The lowest BCUT2D eigenvalue weighted by molar-refractivity contribution is -0.118. The van der Waals surface area contributed by atoms with Gasteiger partial charge >= 0.3 is 0 Å². The van der Waals surface area contributed by atoms with Crippen molar-refractivity contribution in [1.82, 2.24) is 4.90 Å². The van der Waals surface area contributed by atoms with Crippen LogP contribution in [0.4, 0.5) is 0 Å². The van der Waals surface area contributed by atoms with E-state index in [0.29, 0.717) is 18.1 Å². The average molecular weight is 189 g/mol. The lowest BCUT2D eigenvalue weighted by Gasteiger charge is -2.25. The predicted octanol–water partition coefficient (Wildman–Crippen LogP) is 0.251. The highest BCUT2D eigenvalue weighted by Crippen LogP contribution is 1.99. The van der Waals surface area contributed by atoms with Crippen LogP contribution in [0.2, 0.25) is 0 Å². The van der Waals surface area contributed by atoms with Gasteiger partial charge in [-0.2, -0.15) is 11.8 Å². The first-order valence-corrected chi connectivity index (χ1v) is 5.53. The lowest BCUT2D eigenvalue weighted by Crippen LogP contribution is -2.39. The second-order valence-electron chi connectivity index (χ2n) is 2.86. The Bertz CT molecular complexity index is 146. The van der Waals surface area contributed by atoms with Gasteiger partial charge in [-0.25, -0.2) is 0 Å². The van der Waals surface area contributed by atoms with Gasteiger partial charge in [-0.05, 0) is 6.26 Å². The van der Waals surface area contributed by atoms with Crippen LogP contribution in [0.3, 0.4) is 0 Å². The van der Waals surface area contributed by atoms with Gasteiger partial charge in [-0.3, -0.25) is 9.69 Å². The minimum atomic E-state index is 0.324. The van der Waals surface area contributed by atoms with Gasteiger partial charge in [0.25, 0.3) is 0 Å². The molecule has 0 bridgehead atoms. The number of carbonyl (C=O) groups excluding carboxylic acids is 1. The number of nitrogens with zero attached hydrogens (tertiary/aromatic N) is 1. The summed E-state index contributed by atoms with van der Waals surface area (Å²) < 4.78 is 5.18. The third-order valence-corrected chi connectivity index (χ3v) is 2.42. The summed E-state index contributed by atoms with van der Waals surface area (Å²) in [4.78, 5) is 13.4. The third kappa shape index (κ3) is 3.56. The molecule has 1 saturated heterocycles. The topological polar surface area (TPSA) is 29.5 Å². The van der Waals surface area contributed by atoms with Gasteiger partial charge in [0.15, 0.2) is 5.78 Å². The molecule has 0 unspecified atom stereocenters. The normalized spacial score (nSPS) is 19.4. The molecule has 0 aromatic carbocycles. The maximum atomic E-state index is 11.2. The van der Waals surface area contributed by atoms with Gasteiger partial charge in [0, 0.05) is 13.1 Å². The molecule has 0 radical (unpaired) electrons. The first-order valence-electron chi connectivity index (χ1n) is 4.13. The van der Waals surface area contributed by atoms with E-state index in [1.807, 2.05) is 6.26 Å². The van der Waals surface area contributed by atoms with Gasteiger partial charge in [-0.15, -0.1) is 0 Å². The molecular formula is C8H15NO2S. The molecule has 1 heterocycles. The van der Waals surface area contributed by atoms with Crippen LogP contribution in [0.1, 0.15) is 0 Å². The van der Waals surface area contributed by atoms with Crippen molar-refractivity contribution in [3.05, 3.63) is 0 Å². The largest absolute Gasteiger partial charge is 0.379 e. The molecule has 12 heavy (non-hydrogen) atoms. The summed E-state index contributed by atoms with van der Waals surface area (Å²) in [5, 5.41) is 0. The molecule has 3 nitrogen and oxygen atoms in total. The fourth-order valence-corrected chi connectivity index (χ4v) is 1.63. The molecule has 0 spiro atoms. The van der Waals surface area contributed by atoms with Crippen LogP contribution in [0.5, 0.6) is 0 Å². The fourth-order valence-electron chi connectivity index (χ4n) is 1.22. The van der Waals surface area contributed by atoms with Crippen LogP contribution in [0.25, 0.3) is 0 Å².